The largest absolute Gasteiger partial charge is 0.478 e. The van der Waals surface area contributed by atoms with Gasteiger partial charge in [0.15, 0.2) is 5.71 Å². The molecule has 0 aliphatic carbocycles. The lowest BCUT2D eigenvalue weighted by Gasteiger charge is -2.17. The monoisotopic (exact) mass is 501 g/mol. The molecule has 33 heavy (non-hydrogen) atoms. The van der Waals surface area contributed by atoms with Crippen LogP contribution in [0.4, 0.5) is 13.2 Å². The van der Waals surface area contributed by atoms with Gasteiger partial charge in [-0.1, -0.05) is 35.3 Å². The number of carboxylic acid groups (broad SMARTS) is 1. The zero-order chi connectivity index (χ0) is 24.9. The minimum Gasteiger partial charge on any atom is -0.478 e. The number of halogens is 5. The predicted octanol–water partition coefficient (Wildman–Crippen LogP) is 4.70. The van der Waals surface area contributed by atoms with E-state index in [0.717, 1.165) is 7.05 Å². The molecule has 0 atom stereocenters. The van der Waals surface area contributed by atoms with E-state index in [1.54, 1.807) is 6.92 Å². The van der Waals surface area contributed by atoms with Crippen molar-refractivity contribution in [2.45, 2.75) is 26.1 Å². The van der Waals surface area contributed by atoms with Crippen LogP contribution in [0.15, 0.2) is 52.7 Å². The summed E-state index contributed by atoms with van der Waals surface area (Å²) in [5.41, 5.74) is 4.94. The van der Waals surface area contributed by atoms with Crippen LogP contribution >= 0.6 is 23.2 Å². The fourth-order valence-electron chi connectivity index (χ4n) is 3.03. The molecule has 0 saturated carbocycles. The molecule has 0 spiro atoms. The Labute approximate surface area is 197 Å². The Morgan fingerprint density at radius 1 is 1.12 bits per heavy atom. The second kappa shape index (κ2) is 10.7. The number of aryl methyl sites for hydroxylation is 1. The fraction of sp³-hybridized carbons (Fsp3) is 0.227. The number of benzene rings is 2. The maximum atomic E-state index is 13.6. The van der Waals surface area contributed by atoms with Crippen molar-refractivity contribution in [1.82, 2.24) is 5.32 Å². The molecule has 0 heterocycles. The number of hydrogen-bond donors (Lipinski definition) is 3. The standard InChI is InChI=1S/C22H20Cl2F3N3O3/c1-11-7-13(21(32)33)4-5-14(11)10-30-20(31)18(19(29-2)22(25,26)27)17(28)9-12-3-6-15(23)16(24)8-12/h3-8H,9-10,28H2,1-2H3,(H,30,31)(H,32,33). The maximum absolute atomic E-state index is 13.6. The first-order valence-electron chi connectivity index (χ1n) is 9.43. The van der Waals surface area contributed by atoms with E-state index >= 15 is 0 Å². The van der Waals surface area contributed by atoms with Crippen LogP contribution in [-0.4, -0.2) is 35.9 Å². The summed E-state index contributed by atoms with van der Waals surface area (Å²) >= 11 is 11.8. The number of nitrogens with zero attached hydrogens (tertiary/aromatic N) is 1. The molecule has 0 saturated heterocycles. The highest BCUT2D eigenvalue weighted by molar-refractivity contribution is 6.42. The van der Waals surface area contributed by atoms with E-state index in [9.17, 15) is 22.8 Å². The van der Waals surface area contributed by atoms with Gasteiger partial charge in [0.25, 0.3) is 5.91 Å². The quantitative estimate of drug-likeness (QED) is 0.377. The number of carboxylic acids is 1. The van der Waals surface area contributed by atoms with Gasteiger partial charge in [0, 0.05) is 25.7 Å². The highest BCUT2D eigenvalue weighted by Gasteiger charge is 2.41. The summed E-state index contributed by atoms with van der Waals surface area (Å²) in [7, 11) is 0.914. The van der Waals surface area contributed by atoms with Crippen LogP contribution in [-0.2, 0) is 17.8 Å². The van der Waals surface area contributed by atoms with Crippen molar-refractivity contribution >= 4 is 40.8 Å². The first kappa shape index (κ1) is 26.2. The van der Waals surface area contributed by atoms with Crippen molar-refractivity contribution in [3.05, 3.63) is 80.0 Å². The molecule has 2 aromatic carbocycles. The third kappa shape index (κ3) is 6.72. The number of allylic oxidation sites excluding steroid dienone is 1. The molecule has 0 aliphatic heterocycles. The molecule has 0 aromatic heterocycles. The van der Waals surface area contributed by atoms with Crippen LogP contribution < -0.4 is 11.1 Å². The number of nitrogens with one attached hydrogen (secondary N) is 1. The number of carbonyl (C=O) groups is 2. The van der Waals surface area contributed by atoms with Crippen LogP contribution in [0.3, 0.4) is 0 Å². The Kier molecular flexibility index (Phi) is 8.51. The Morgan fingerprint density at radius 3 is 2.30 bits per heavy atom. The van der Waals surface area contributed by atoms with Gasteiger partial charge in [-0.2, -0.15) is 13.2 Å². The van der Waals surface area contributed by atoms with Crippen molar-refractivity contribution in [1.29, 1.82) is 0 Å². The molecule has 0 aliphatic rings. The summed E-state index contributed by atoms with van der Waals surface area (Å²) in [5, 5.41) is 11.9. The van der Waals surface area contributed by atoms with Crippen molar-refractivity contribution in [2.75, 3.05) is 7.05 Å². The first-order valence-corrected chi connectivity index (χ1v) is 10.2. The van der Waals surface area contributed by atoms with E-state index in [1.165, 1.54) is 36.4 Å². The average Bonchev–Trinajstić information content (AvgIpc) is 2.72. The molecule has 1 amide bonds. The molecule has 6 nitrogen and oxygen atoms in total. The zero-order valence-corrected chi connectivity index (χ0v) is 19.1. The third-order valence-electron chi connectivity index (χ3n) is 4.68. The second-order valence-electron chi connectivity index (χ2n) is 7.02. The Bertz CT molecular complexity index is 1150. The molecular formula is C22H20Cl2F3N3O3. The third-order valence-corrected chi connectivity index (χ3v) is 5.42. The van der Waals surface area contributed by atoms with Crippen molar-refractivity contribution in [2.24, 2.45) is 10.7 Å². The Hall–Kier alpha value is -3.04. The first-order chi connectivity index (χ1) is 15.3. The van der Waals surface area contributed by atoms with E-state index in [-0.39, 0.29) is 34.3 Å². The van der Waals surface area contributed by atoms with Gasteiger partial charge in [-0.25, -0.2) is 4.79 Å². The zero-order valence-electron chi connectivity index (χ0n) is 17.6. The lowest BCUT2D eigenvalue weighted by molar-refractivity contribution is -0.117. The lowest BCUT2D eigenvalue weighted by atomic mass is 10.0. The molecule has 2 rings (SSSR count). The molecular weight excluding hydrogens is 482 g/mol. The number of hydrogen-bond acceptors (Lipinski definition) is 4. The van der Waals surface area contributed by atoms with Crippen LogP contribution in [0.5, 0.6) is 0 Å². The number of carbonyl (C=O) groups excluding carboxylic acids is 1. The average molecular weight is 502 g/mol. The van der Waals surface area contributed by atoms with E-state index in [0.29, 0.717) is 16.7 Å². The van der Waals surface area contributed by atoms with Crippen molar-refractivity contribution in [3.8, 4) is 0 Å². The molecule has 0 bridgehead atoms. The van der Waals surface area contributed by atoms with E-state index in [1.807, 2.05) is 0 Å². The van der Waals surface area contributed by atoms with Gasteiger partial charge in [-0.15, -0.1) is 0 Å². The van der Waals surface area contributed by atoms with Gasteiger partial charge in [-0.3, -0.25) is 9.79 Å². The SMILES string of the molecule is CN=C(C(C(=O)NCc1ccc(C(=O)O)cc1C)=C(N)Cc1ccc(Cl)c(Cl)c1)C(F)(F)F. The van der Waals surface area contributed by atoms with E-state index < -0.39 is 29.3 Å². The van der Waals surface area contributed by atoms with Crippen LogP contribution in [0, 0.1) is 6.92 Å². The highest BCUT2D eigenvalue weighted by atomic mass is 35.5. The highest BCUT2D eigenvalue weighted by Crippen LogP contribution is 2.27. The Balaban J connectivity index is 2.39. The number of aliphatic imine (C=N–C) groups is 1. The van der Waals surface area contributed by atoms with E-state index in [2.05, 4.69) is 10.3 Å². The summed E-state index contributed by atoms with van der Waals surface area (Å²) in [5.74, 6) is -2.20. The van der Waals surface area contributed by atoms with Gasteiger partial charge < -0.3 is 16.2 Å². The van der Waals surface area contributed by atoms with Crippen LogP contribution in [0.2, 0.25) is 10.0 Å². The molecule has 4 N–H and O–H groups in total. The topological polar surface area (TPSA) is 105 Å². The molecule has 0 radical (unpaired) electrons. The van der Waals surface area contributed by atoms with Gasteiger partial charge in [0.2, 0.25) is 0 Å². The van der Waals surface area contributed by atoms with Crippen LogP contribution in [0.25, 0.3) is 0 Å². The summed E-state index contributed by atoms with van der Waals surface area (Å²) in [4.78, 5) is 27.2. The van der Waals surface area contributed by atoms with Gasteiger partial charge in [-0.05, 0) is 47.9 Å². The minimum atomic E-state index is -4.93. The van der Waals surface area contributed by atoms with Gasteiger partial charge in [0.05, 0.1) is 21.2 Å². The molecule has 0 fully saturated rings. The summed E-state index contributed by atoms with van der Waals surface area (Å²) in [6, 6.07) is 8.64. The van der Waals surface area contributed by atoms with Crippen LogP contribution in [0.1, 0.15) is 27.0 Å². The summed E-state index contributed by atoms with van der Waals surface area (Å²) in [6.07, 6.45) is -5.14. The number of alkyl halides is 3. The molecule has 11 heteroatoms. The smallest absolute Gasteiger partial charge is 0.433 e. The Morgan fingerprint density at radius 2 is 1.79 bits per heavy atom. The van der Waals surface area contributed by atoms with Gasteiger partial charge in [0.1, 0.15) is 0 Å². The molecule has 2 aromatic rings. The fourth-order valence-corrected chi connectivity index (χ4v) is 3.36. The number of aromatic carboxylic acids is 1. The molecule has 0 unspecified atom stereocenters. The second-order valence-corrected chi connectivity index (χ2v) is 7.84. The number of nitrogens with two attached hydrogens (primary N) is 1. The summed E-state index contributed by atoms with van der Waals surface area (Å²) in [6.45, 7) is 1.47. The van der Waals surface area contributed by atoms with Crippen molar-refractivity contribution in [3.63, 3.8) is 0 Å². The summed E-state index contributed by atoms with van der Waals surface area (Å²) < 4.78 is 40.8. The maximum Gasteiger partial charge on any atom is 0.433 e. The number of amides is 1. The number of rotatable bonds is 7. The minimum absolute atomic E-state index is 0.0477. The molecule has 176 valence electrons. The predicted molar refractivity (Wildman–Crippen MR) is 121 cm³/mol. The normalized spacial score (nSPS) is 12.9. The van der Waals surface area contributed by atoms with Crippen molar-refractivity contribution < 1.29 is 27.9 Å². The van der Waals surface area contributed by atoms with Gasteiger partial charge >= 0.3 is 12.1 Å². The van der Waals surface area contributed by atoms with E-state index in [4.69, 9.17) is 34.0 Å². The lowest BCUT2D eigenvalue weighted by Crippen LogP contribution is -2.37.